The highest BCUT2D eigenvalue weighted by molar-refractivity contribution is 6.13. The molecule has 0 unspecified atom stereocenters. The minimum atomic E-state index is 0.337. The lowest BCUT2D eigenvalue weighted by Crippen LogP contribution is -2.03. The van der Waals surface area contributed by atoms with E-state index < -0.39 is 0 Å². The molecule has 0 aliphatic heterocycles. The molecule has 0 saturated carbocycles. The molecule has 0 radical (unpaired) electrons. The van der Waals surface area contributed by atoms with Crippen molar-refractivity contribution in [2.24, 2.45) is 5.10 Å². The SMILES string of the molecule is C(=N\Nc1nnc(-c2ccccc2)c(-c2ccccc2)n1)/c1c2ccccc2cc2ccccc12. The van der Waals surface area contributed by atoms with Crippen molar-refractivity contribution >= 4 is 33.7 Å². The van der Waals surface area contributed by atoms with Gasteiger partial charge in [0.05, 0.1) is 6.21 Å². The molecule has 0 amide bonds. The van der Waals surface area contributed by atoms with Crippen molar-refractivity contribution in [1.82, 2.24) is 15.2 Å². The van der Waals surface area contributed by atoms with Gasteiger partial charge in [0.15, 0.2) is 0 Å². The molecule has 0 spiro atoms. The van der Waals surface area contributed by atoms with Gasteiger partial charge in [-0.1, -0.05) is 109 Å². The Labute approximate surface area is 202 Å². The first-order valence-corrected chi connectivity index (χ1v) is 11.4. The van der Waals surface area contributed by atoms with Crippen LogP contribution in [0.25, 0.3) is 44.1 Å². The summed E-state index contributed by atoms with van der Waals surface area (Å²) in [4.78, 5) is 4.78. The quantitative estimate of drug-likeness (QED) is 0.175. The predicted octanol–water partition coefficient (Wildman–Crippen LogP) is 6.96. The van der Waals surface area contributed by atoms with Gasteiger partial charge in [0.25, 0.3) is 5.95 Å². The lowest BCUT2D eigenvalue weighted by atomic mass is 9.97. The van der Waals surface area contributed by atoms with Crippen molar-refractivity contribution in [3.05, 3.63) is 121 Å². The minimum Gasteiger partial charge on any atom is -0.244 e. The number of hydrazone groups is 1. The van der Waals surface area contributed by atoms with E-state index in [4.69, 9.17) is 4.98 Å². The number of fused-ring (bicyclic) bond motifs is 2. The Kier molecular flexibility index (Phi) is 5.41. The highest BCUT2D eigenvalue weighted by Gasteiger charge is 2.13. The molecule has 6 aromatic rings. The predicted molar refractivity (Wildman–Crippen MR) is 143 cm³/mol. The van der Waals surface area contributed by atoms with Crippen molar-refractivity contribution in [2.75, 3.05) is 5.43 Å². The van der Waals surface area contributed by atoms with Gasteiger partial charge in [-0.2, -0.15) is 5.10 Å². The Morgan fingerprint density at radius 2 is 1.11 bits per heavy atom. The average Bonchev–Trinajstić information content (AvgIpc) is 2.93. The largest absolute Gasteiger partial charge is 0.263 e. The van der Waals surface area contributed by atoms with Gasteiger partial charge in [-0.3, -0.25) is 0 Å². The highest BCUT2D eigenvalue weighted by Crippen LogP contribution is 2.29. The van der Waals surface area contributed by atoms with Gasteiger partial charge >= 0.3 is 0 Å². The number of aromatic nitrogens is 3. The van der Waals surface area contributed by atoms with E-state index in [0.29, 0.717) is 5.95 Å². The Balaban J connectivity index is 1.39. The van der Waals surface area contributed by atoms with Crippen LogP contribution in [0.2, 0.25) is 0 Å². The van der Waals surface area contributed by atoms with Crippen LogP contribution in [0, 0.1) is 0 Å². The van der Waals surface area contributed by atoms with E-state index in [9.17, 15) is 0 Å². The van der Waals surface area contributed by atoms with Gasteiger partial charge in [-0.15, -0.1) is 10.2 Å². The molecule has 1 heterocycles. The maximum absolute atomic E-state index is 4.78. The molecule has 0 fully saturated rings. The van der Waals surface area contributed by atoms with Gasteiger partial charge in [0.1, 0.15) is 11.4 Å². The van der Waals surface area contributed by atoms with Crippen molar-refractivity contribution in [1.29, 1.82) is 0 Å². The summed E-state index contributed by atoms with van der Waals surface area (Å²) in [6.07, 6.45) is 1.83. The summed E-state index contributed by atoms with van der Waals surface area (Å²) in [7, 11) is 0. The molecule has 0 aliphatic rings. The zero-order chi connectivity index (χ0) is 23.5. The average molecular weight is 452 g/mol. The van der Waals surface area contributed by atoms with Gasteiger partial charge in [-0.05, 0) is 27.6 Å². The monoisotopic (exact) mass is 451 g/mol. The van der Waals surface area contributed by atoms with E-state index in [1.807, 2.05) is 79.0 Å². The van der Waals surface area contributed by atoms with E-state index in [1.54, 1.807) is 0 Å². The molecule has 1 aromatic heterocycles. The summed E-state index contributed by atoms with van der Waals surface area (Å²) in [6.45, 7) is 0. The van der Waals surface area contributed by atoms with E-state index in [1.165, 1.54) is 10.8 Å². The van der Waals surface area contributed by atoms with Crippen LogP contribution >= 0.6 is 0 Å². The maximum Gasteiger partial charge on any atom is 0.263 e. The van der Waals surface area contributed by atoms with Gasteiger partial charge in [-0.25, -0.2) is 10.4 Å². The summed E-state index contributed by atoms with van der Waals surface area (Å²) in [5, 5.41) is 17.9. The third-order valence-electron chi connectivity index (χ3n) is 5.95. The molecule has 0 aliphatic carbocycles. The zero-order valence-corrected chi connectivity index (χ0v) is 18.8. The smallest absolute Gasteiger partial charge is 0.244 e. The first kappa shape index (κ1) is 20.7. The van der Waals surface area contributed by atoms with E-state index in [0.717, 1.165) is 38.9 Å². The van der Waals surface area contributed by atoms with E-state index in [-0.39, 0.29) is 0 Å². The fraction of sp³-hybridized carbons (Fsp3) is 0. The molecule has 5 aromatic carbocycles. The Morgan fingerprint density at radius 3 is 1.74 bits per heavy atom. The van der Waals surface area contributed by atoms with Crippen molar-refractivity contribution in [3.8, 4) is 22.5 Å². The summed E-state index contributed by atoms with van der Waals surface area (Å²) in [5.41, 5.74) is 7.45. The minimum absolute atomic E-state index is 0.337. The van der Waals surface area contributed by atoms with Crippen LogP contribution in [-0.4, -0.2) is 21.4 Å². The standard InChI is InChI=1S/C30H21N5/c1-3-11-21(12-4-1)28-29(22-13-5-2-6-14-22)33-35-30(32-28)34-31-20-27-25-17-9-7-15-23(25)19-24-16-8-10-18-26(24)27/h1-20H,(H,32,34,35)/b31-20+. The first-order valence-electron chi connectivity index (χ1n) is 11.4. The molecule has 6 rings (SSSR count). The van der Waals surface area contributed by atoms with Crippen LogP contribution in [0.4, 0.5) is 5.95 Å². The molecule has 0 saturated heterocycles. The van der Waals surface area contributed by atoms with E-state index >= 15 is 0 Å². The highest BCUT2D eigenvalue weighted by atomic mass is 15.4. The van der Waals surface area contributed by atoms with Crippen LogP contribution in [0.15, 0.2) is 120 Å². The Morgan fingerprint density at radius 1 is 0.571 bits per heavy atom. The number of anilines is 1. The van der Waals surface area contributed by atoms with Crippen molar-refractivity contribution in [2.45, 2.75) is 0 Å². The van der Waals surface area contributed by atoms with Crippen molar-refractivity contribution < 1.29 is 0 Å². The third-order valence-corrected chi connectivity index (χ3v) is 5.95. The number of nitrogens with zero attached hydrogens (tertiary/aromatic N) is 4. The summed E-state index contributed by atoms with van der Waals surface area (Å²) >= 11 is 0. The third kappa shape index (κ3) is 4.11. The lowest BCUT2D eigenvalue weighted by molar-refractivity contribution is 0.973. The maximum atomic E-state index is 4.78. The molecular formula is C30H21N5. The molecule has 1 N–H and O–H groups in total. The topological polar surface area (TPSA) is 63.1 Å². The second kappa shape index (κ2) is 9.15. The van der Waals surface area contributed by atoms with E-state index in [2.05, 4.69) is 63.2 Å². The molecular weight excluding hydrogens is 430 g/mol. The van der Waals surface area contributed by atoms with Gasteiger partial charge in [0.2, 0.25) is 0 Å². The second-order valence-electron chi connectivity index (χ2n) is 8.17. The number of benzene rings is 5. The molecule has 5 nitrogen and oxygen atoms in total. The number of nitrogens with one attached hydrogen (secondary N) is 1. The normalized spacial score (nSPS) is 11.3. The Hall–Kier alpha value is -4.90. The van der Waals surface area contributed by atoms with Crippen LogP contribution in [0.5, 0.6) is 0 Å². The first-order chi connectivity index (χ1) is 17.4. The fourth-order valence-corrected chi connectivity index (χ4v) is 4.30. The molecule has 35 heavy (non-hydrogen) atoms. The summed E-state index contributed by atoms with van der Waals surface area (Å²) in [6, 6.07) is 38.8. The van der Waals surface area contributed by atoms with Crippen molar-refractivity contribution in [3.63, 3.8) is 0 Å². The lowest BCUT2D eigenvalue weighted by Gasteiger charge is -2.10. The van der Waals surface area contributed by atoms with Crippen LogP contribution in [0.3, 0.4) is 0 Å². The number of hydrogen-bond acceptors (Lipinski definition) is 5. The fourth-order valence-electron chi connectivity index (χ4n) is 4.30. The molecule has 5 heteroatoms. The zero-order valence-electron chi connectivity index (χ0n) is 18.8. The second-order valence-corrected chi connectivity index (χ2v) is 8.17. The summed E-state index contributed by atoms with van der Waals surface area (Å²) < 4.78 is 0. The number of hydrogen-bond donors (Lipinski definition) is 1. The molecule has 166 valence electrons. The van der Waals surface area contributed by atoms with Gasteiger partial charge in [0, 0.05) is 16.7 Å². The van der Waals surface area contributed by atoms with Crippen LogP contribution in [-0.2, 0) is 0 Å². The molecule has 0 bridgehead atoms. The Bertz CT molecular complexity index is 1610. The summed E-state index contributed by atoms with van der Waals surface area (Å²) in [5.74, 6) is 0.337. The molecule has 0 atom stereocenters. The van der Waals surface area contributed by atoms with Crippen LogP contribution < -0.4 is 5.43 Å². The van der Waals surface area contributed by atoms with Crippen LogP contribution in [0.1, 0.15) is 5.56 Å². The number of rotatable bonds is 5. The van der Waals surface area contributed by atoms with Gasteiger partial charge < -0.3 is 0 Å².